The van der Waals surface area contributed by atoms with Crippen LogP contribution >= 0.6 is 0 Å². The first kappa shape index (κ1) is 16.2. The van der Waals surface area contributed by atoms with Gasteiger partial charge in [-0.3, -0.25) is 4.90 Å². The molecule has 0 bridgehead atoms. The van der Waals surface area contributed by atoms with Gasteiger partial charge in [0.2, 0.25) is 0 Å². The van der Waals surface area contributed by atoms with Crippen molar-refractivity contribution in [1.29, 1.82) is 0 Å². The van der Waals surface area contributed by atoms with Gasteiger partial charge in [0.15, 0.2) is 9.76 Å². The van der Waals surface area contributed by atoms with Crippen LogP contribution in [0.5, 0.6) is 0 Å². The maximum Gasteiger partial charge on any atom is 0.162 e. The molecule has 2 aliphatic rings. The average molecular weight is 318 g/mol. The zero-order valence-corrected chi connectivity index (χ0v) is 15.9. The highest BCUT2D eigenvalue weighted by molar-refractivity contribution is 6.27. The molecule has 1 saturated heterocycles. The molecular formula is C19H31NOSi. The fourth-order valence-corrected chi connectivity index (χ4v) is 4.85. The van der Waals surface area contributed by atoms with E-state index >= 15 is 0 Å². The molecule has 1 atom stereocenters. The third-order valence-electron chi connectivity index (χ3n) is 5.32. The Labute approximate surface area is 138 Å². The van der Waals surface area contributed by atoms with Crippen molar-refractivity contribution in [2.45, 2.75) is 70.6 Å². The molecule has 2 fully saturated rings. The fourth-order valence-electron chi connectivity index (χ4n) is 3.65. The molecule has 2 nitrogen and oxygen atoms in total. The van der Waals surface area contributed by atoms with Gasteiger partial charge in [-0.1, -0.05) is 51.1 Å². The summed E-state index contributed by atoms with van der Waals surface area (Å²) in [6.07, 6.45) is 5.51. The summed E-state index contributed by atoms with van der Waals surface area (Å²) < 4.78 is 6.18. The molecule has 3 rings (SSSR count). The van der Waals surface area contributed by atoms with Gasteiger partial charge in [0.1, 0.15) is 0 Å². The van der Waals surface area contributed by atoms with E-state index in [0.29, 0.717) is 17.0 Å². The molecule has 22 heavy (non-hydrogen) atoms. The Kier molecular flexibility index (Phi) is 4.76. The monoisotopic (exact) mass is 317 g/mol. The lowest BCUT2D eigenvalue weighted by Crippen LogP contribution is -2.39. The highest BCUT2D eigenvalue weighted by atomic mass is 28.2. The van der Waals surface area contributed by atoms with E-state index in [-0.39, 0.29) is 9.76 Å². The van der Waals surface area contributed by atoms with Crippen molar-refractivity contribution in [3.8, 4) is 0 Å². The highest BCUT2D eigenvalue weighted by Crippen LogP contribution is 2.52. The standard InChI is InChI=1S/C19H31NOSi/c1-18(2,3)15-22-21-14-17-9-10-19(11-12-19)20(17)13-16-7-5-4-6-8-16/h4-8,17H,9-15,22H2,1-3H3. The van der Waals surface area contributed by atoms with E-state index in [4.69, 9.17) is 4.43 Å². The van der Waals surface area contributed by atoms with E-state index in [2.05, 4.69) is 56.0 Å². The summed E-state index contributed by atoms with van der Waals surface area (Å²) in [5.74, 6) is 0. The van der Waals surface area contributed by atoms with E-state index in [9.17, 15) is 0 Å². The molecule has 0 radical (unpaired) electrons. The number of rotatable bonds is 6. The molecule has 1 aliphatic carbocycles. The number of benzene rings is 1. The molecule has 3 heteroatoms. The van der Waals surface area contributed by atoms with Crippen LogP contribution in [0.2, 0.25) is 6.04 Å². The zero-order chi connectivity index (χ0) is 15.6. The minimum Gasteiger partial charge on any atom is -0.422 e. The van der Waals surface area contributed by atoms with Gasteiger partial charge in [0, 0.05) is 24.7 Å². The Hall–Kier alpha value is -0.643. The number of nitrogens with zero attached hydrogens (tertiary/aromatic N) is 1. The van der Waals surface area contributed by atoms with Crippen LogP contribution in [0.3, 0.4) is 0 Å². The van der Waals surface area contributed by atoms with Crippen LogP contribution in [0.25, 0.3) is 0 Å². The van der Waals surface area contributed by atoms with Crippen molar-refractivity contribution in [2.24, 2.45) is 5.41 Å². The van der Waals surface area contributed by atoms with Crippen molar-refractivity contribution in [3.05, 3.63) is 35.9 Å². The first-order valence-corrected chi connectivity index (χ1v) is 10.4. The minimum absolute atomic E-state index is 0.362. The summed E-state index contributed by atoms with van der Waals surface area (Å²) in [4.78, 5) is 2.77. The van der Waals surface area contributed by atoms with Gasteiger partial charge >= 0.3 is 0 Å². The summed E-state index contributed by atoms with van der Waals surface area (Å²) in [5.41, 5.74) is 2.42. The summed E-state index contributed by atoms with van der Waals surface area (Å²) in [5, 5.41) is 0. The fraction of sp³-hybridized carbons (Fsp3) is 0.684. The maximum atomic E-state index is 6.18. The van der Waals surface area contributed by atoms with E-state index in [1.807, 2.05) is 0 Å². The molecule has 1 aromatic carbocycles. The number of hydrogen-bond acceptors (Lipinski definition) is 2. The van der Waals surface area contributed by atoms with Crippen LogP contribution in [0.1, 0.15) is 52.0 Å². The lowest BCUT2D eigenvalue weighted by molar-refractivity contribution is 0.123. The molecule has 122 valence electrons. The highest BCUT2D eigenvalue weighted by Gasteiger charge is 2.54. The van der Waals surface area contributed by atoms with E-state index in [0.717, 1.165) is 13.2 Å². The molecule has 1 saturated carbocycles. The molecule has 1 unspecified atom stereocenters. The van der Waals surface area contributed by atoms with Crippen LogP contribution in [-0.2, 0) is 11.0 Å². The average Bonchev–Trinajstić information content (AvgIpc) is 3.18. The Morgan fingerprint density at radius 3 is 2.55 bits per heavy atom. The molecule has 0 amide bonds. The number of hydrogen-bond donors (Lipinski definition) is 0. The van der Waals surface area contributed by atoms with Crippen molar-refractivity contribution in [1.82, 2.24) is 4.90 Å². The first-order chi connectivity index (χ1) is 10.5. The SMILES string of the molecule is CC(C)(C)C[SiH2]OCC1CCC2(CC2)N1Cc1ccccc1. The topological polar surface area (TPSA) is 12.5 Å². The largest absolute Gasteiger partial charge is 0.422 e. The molecular weight excluding hydrogens is 286 g/mol. The predicted octanol–water partition coefficient (Wildman–Crippen LogP) is 3.75. The second-order valence-electron chi connectivity index (χ2n) is 8.42. The van der Waals surface area contributed by atoms with Crippen molar-refractivity contribution in [2.75, 3.05) is 6.61 Å². The summed E-state index contributed by atoms with van der Waals surface area (Å²) >= 11 is 0. The molecule has 1 heterocycles. The molecule has 0 aromatic heterocycles. The number of likely N-dealkylation sites (tertiary alicyclic amines) is 1. The van der Waals surface area contributed by atoms with Crippen molar-refractivity contribution in [3.63, 3.8) is 0 Å². The van der Waals surface area contributed by atoms with Gasteiger partial charge in [-0.2, -0.15) is 0 Å². The van der Waals surface area contributed by atoms with E-state index in [1.165, 1.54) is 37.3 Å². The van der Waals surface area contributed by atoms with E-state index in [1.54, 1.807) is 0 Å². The van der Waals surface area contributed by atoms with Crippen molar-refractivity contribution >= 4 is 9.76 Å². The van der Waals surface area contributed by atoms with Crippen molar-refractivity contribution < 1.29 is 4.43 Å². The van der Waals surface area contributed by atoms with Gasteiger partial charge in [-0.25, -0.2) is 0 Å². The maximum absolute atomic E-state index is 6.18. The molecule has 1 aromatic rings. The molecule has 0 N–H and O–H groups in total. The Bertz CT molecular complexity index is 478. The van der Waals surface area contributed by atoms with Gasteiger partial charge in [-0.05, 0) is 42.7 Å². The Morgan fingerprint density at radius 2 is 1.91 bits per heavy atom. The van der Waals surface area contributed by atoms with Crippen LogP contribution in [-0.4, -0.2) is 32.9 Å². The predicted molar refractivity (Wildman–Crippen MR) is 95.7 cm³/mol. The summed E-state index contributed by atoms with van der Waals surface area (Å²) in [6.45, 7) is 9.03. The van der Waals surface area contributed by atoms with Crippen LogP contribution in [0.15, 0.2) is 30.3 Å². The van der Waals surface area contributed by atoms with Crippen LogP contribution in [0, 0.1) is 5.41 Å². The quantitative estimate of drug-likeness (QED) is 0.585. The Balaban J connectivity index is 1.54. The lowest BCUT2D eigenvalue weighted by Gasteiger charge is -2.31. The smallest absolute Gasteiger partial charge is 0.162 e. The lowest BCUT2D eigenvalue weighted by atomic mass is 10.0. The minimum atomic E-state index is -0.362. The van der Waals surface area contributed by atoms with Gasteiger partial charge in [-0.15, -0.1) is 0 Å². The second-order valence-corrected chi connectivity index (χ2v) is 9.73. The van der Waals surface area contributed by atoms with Crippen LogP contribution < -0.4 is 0 Å². The van der Waals surface area contributed by atoms with Gasteiger partial charge < -0.3 is 4.43 Å². The molecule has 1 aliphatic heterocycles. The second kappa shape index (κ2) is 6.46. The Morgan fingerprint density at radius 1 is 1.18 bits per heavy atom. The van der Waals surface area contributed by atoms with E-state index < -0.39 is 0 Å². The summed E-state index contributed by atoms with van der Waals surface area (Å²) in [6, 6.07) is 12.9. The first-order valence-electron chi connectivity index (χ1n) is 8.87. The zero-order valence-electron chi connectivity index (χ0n) is 14.5. The third kappa shape index (κ3) is 4.00. The van der Waals surface area contributed by atoms with Gasteiger partial charge in [0.25, 0.3) is 0 Å². The van der Waals surface area contributed by atoms with Gasteiger partial charge in [0.05, 0.1) is 0 Å². The third-order valence-corrected chi connectivity index (χ3v) is 7.55. The molecule has 1 spiro atoms. The normalized spacial score (nSPS) is 24.6. The van der Waals surface area contributed by atoms with Crippen LogP contribution in [0.4, 0.5) is 0 Å². The summed E-state index contributed by atoms with van der Waals surface area (Å²) in [7, 11) is -0.362.